The molecule has 0 saturated carbocycles. The van der Waals surface area contributed by atoms with Crippen molar-refractivity contribution in [1.29, 1.82) is 0 Å². The maximum Gasteiger partial charge on any atom is 0.143 e. The van der Waals surface area contributed by atoms with Gasteiger partial charge in [-0.2, -0.15) is 0 Å². The van der Waals surface area contributed by atoms with Gasteiger partial charge in [0.25, 0.3) is 0 Å². The second-order valence-electron chi connectivity index (χ2n) is 15.6. The van der Waals surface area contributed by atoms with Gasteiger partial charge in [0.1, 0.15) is 22.3 Å². The molecule has 0 saturated heterocycles. The highest BCUT2D eigenvalue weighted by Crippen LogP contribution is 2.48. The molecule has 0 N–H and O–H groups in total. The summed E-state index contributed by atoms with van der Waals surface area (Å²) in [7, 11) is 0. The lowest BCUT2D eigenvalue weighted by Gasteiger charge is -2.28. The average molecular weight is 780 g/mol. The lowest BCUT2D eigenvalue weighted by atomic mass is 9.93. The van der Waals surface area contributed by atoms with Gasteiger partial charge in [0.15, 0.2) is 0 Å². The van der Waals surface area contributed by atoms with Crippen LogP contribution in [0, 0.1) is 0 Å². The monoisotopic (exact) mass is 779 g/mol. The maximum atomic E-state index is 6.92. The number of furan rings is 2. The van der Waals surface area contributed by atoms with E-state index in [-0.39, 0.29) is 0 Å². The summed E-state index contributed by atoms with van der Waals surface area (Å²) in [4.78, 5) is 2.40. The molecule has 0 amide bonds. The molecule has 0 spiro atoms. The molecule has 3 nitrogen and oxygen atoms in total. The van der Waals surface area contributed by atoms with E-state index in [1.807, 2.05) is 12.1 Å². The summed E-state index contributed by atoms with van der Waals surface area (Å²) in [6.45, 7) is 0. The van der Waals surface area contributed by atoms with E-state index in [9.17, 15) is 0 Å². The van der Waals surface area contributed by atoms with E-state index >= 15 is 0 Å². The van der Waals surface area contributed by atoms with Gasteiger partial charge in [-0.1, -0.05) is 182 Å². The van der Waals surface area contributed by atoms with Gasteiger partial charge < -0.3 is 13.7 Å². The third kappa shape index (κ3) is 5.82. The Hall–Kier alpha value is -8.14. The van der Waals surface area contributed by atoms with Crippen LogP contribution in [0.5, 0.6) is 0 Å². The number of hydrogen-bond acceptors (Lipinski definition) is 3. The van der Waals surface area contributed by atoms with Crippen LogP contribution in [0.1, 0.15) is 0 Å². The Bertz CT molecular complexity index is 3560. The quantitative estimate of drug-likeness (QED) is 0.161. The van der Waals surface area contributed by atoms with Gasteiger partial charge in [0.2, 0.25) is 0 Å². The zero-order chi connectivity index (χ0) is 40.3. The standard InChI is InChI=1S/C58H37NO2/c1-3-15-38(16-4-1)39-29-31-42(32-30-39)50-37-51-56-53(26-14-28-55(56)61-58(51)48-22-8-7-20-46(48)50)59(52-25-11-9-19-44(52)40-17-5-2-6-18-40)43-35-33-41(34-36-43)45-23-13-24-49-47-21-10-12-27-54(47)60-57(45)49/h1-37H. The van der Waals surface area contributed by atoms with E-state index in [1.54, 1.807) is 0 Å². The highest BCUT2D eigenvalue weighted by Gasteiger charge is 2.24. The molecule has 2 heterocycles. The fraction of sp³-hybridized carbons (Fsp3) is 0. The fourth-order valence-electron chi connectivity index (χ4n) is 9.23. The topological polar surface area (TPSA) is 29.5 Å². The van der Waals surface area contributed by atoms with Crippen molar-refractivity contribution in [3.63, 3.8) is 0 Å². The molecule has 0 aliphatic heterocycles. The first kappa shape index (κ1) is 34.9. The molecule has 12 aromatic rings. The minimum absolute atomic E-state index is 0.838. The minimum Gasteiger partial charge on any atom is -0.455 e. The molecule has 61 heavy (non-hydrogen) atoms. The molecule has 0 bridgehead atoms. The Balaban J connectivity index is 1.07. The van der Waals surface area contributed by atoms with Crippen molar-refractivity contribution in [3.8, 4) is 44.5 Å². The maximum absolute atomic E-state index is 6.92. The Labute approximate surface area is 353 Å². The predicted molar refractivity (Wildman–Crippen MR) is 255 cm³/mol. The van der Waals surface area contributed by atoms with Crippen LogP contribution in [0.2, 0.25) is 0 Å². The Morgan fingerprint density at radius 1 is 0.279 bits per heavy atom. The number of hydrogen-bond donors (Lipinski definition) is 0. The Kier molecular flexibility index (Phi) is 8.17. The Morgan fingerprint density at radius 3 is 1.57 bits per heavy atom. The molecule has 3 heteroatoms. The van der Waals surface area contributed by atoms with Gasteiger partial charge >= 0.3 is 0 Å². The van der Waals surface area contributed by atoms with Crippen LogP contribution in [0.3, 0.4) is 0 Å². The molecule has 0 aliphatic rings. The number of benzene rings is 10. The van der Waals surface area contributed by atoms with Crippen molar-refractivity contribution >= 4 is 71.7 Å². The number of nitrogens with zero attached hydrogens (tertiary/aromatic N) is 1. The summed E-state index contributed by atoms with van der Waals surface area (Å²) in [5.74, 6) is 0. The molecular weight excluding hydrogens is 743 g/mol. The summed E-state index contributed by atoms with van der Waals surface area (Å²) in [6.07, 6.45) is 0. The molecule has 0 atom stereocenters. The van der Waals surface area contributed by atoms with Crippen LogP contribution < -0.4 is 4.90 Å². The molecule has 0 unspecified atom stereocenters. The summed E-state index contributed by atoms with van der Waals surface area (Å²) in [6, 6.07) is 79.8. The molecule has 0 radical (unpaired) electrons. The van der Waals surface area contributed by atoms with Crippen LogP contribution in [-0.4, -0.2) is 0 Å². The van der Waals surface area contributed by atoms with Gasteiger partial charge in [-0.25, -0.2) is 0 Å². The van der Waals surface area contributed by atoms with Gasteiger partial charge in [-0.05, 0) is 81.2 Å². The van der Waals surface area contributed by atoms with Crippen molar-refractivity contribution in [1.82, 2.24) is 0 Å². The van der Waals surface area contributed by atoms with Gasteiger partial charge in [0, 0.05) is 38.4 Å². The zero-order valence-electron chi connectivity index (χ0n) is 33.1. The molecule has 10 aromatic carbocycles. The van der Waals surface area contributed by atoms with Crippen LogP contribution in [0.25, 0.3) is 99.2 Å². The number of rotatable bonds is 7. The summed E-state index contributed by atoms with van der Waals surface area (Å²) < 4.78 is 13.4. The second kappa shape index (κ2) is 14.3. The first-order valence-corrected chi connectivity index (χ1v) is 20.7. The van der Waals surface area contributed by atoms with E-state index in [2.05, 4.69) is 217 Å². The highest BCUT2D eigenvalue weighted by molar-refractivity contribution is 6.23. The van der Waals surface area contributed by atoms with E-state index in [4.69, 9.17) is 8.83 Å². The van der Waals surface area contributed by atoms with Crippen LogP contribution in [0.15, 0.2) is 233 Å². The van der Waals surface area contributed by atoms with Crippen molar-refractivity contribution in [2.45, 2.75) is 0 Å². The molecule has 0 fully saturated rings. The SMILES string of the molecule is c1ccc(-c2ccc(-c3cc4c(oc5cccc(N(c6ccc(-c7cccc8c7oc7ccccc78)cc6)c6ccccc6-c6ccccc6)c54)c4ccccc34)cc2)cc1. The summed E-state index contributed by atoms with van der Waals surface area (Å²) in [5, 5.41) is 6.62. The highest BCUT2D eigenvalue weighted by atomic mass is 16.3. The fourth-order valence-corrected chi connectivity index (χ4v) is 9.23. The minimum atomic E-state index is 0.838. The second-order valence-corrected chi connectivity index (χ2v) is 15.6. The van der Waals surface area contributed by atoms with E-state index in [0.717, 1.165) is 99.5 Å². The lowest BCUT2D eigenvalue weighted by Crippen LogP contribution is -2.11. The van der Waals surface area contributed by atoms with E-state index in [0.29, 0.717) is 0 Å². The number of para-hydroxylation sites is 3. The third-order valence-electron chi connectivity index (χ3n) is 12.1. The zero-order valence-corrected chi connectivity index (χ0v) is 33.1. The molecule has 12 rings (SSSR count). The van der Waals surface area contributed by atoms with Gasteiger partial charge in [-0.15, -0.1) is 0 Å². The van der Waals surface area contributed by atoms with Gasteiger partial charge in [0.05, 0.1) is 16.8 Å². The average Bonchev–Trinajstić information content (AvgIpc) is 3.92. The van der Waals surface area contributed by atoms with Crippen molar-refractivity contribution in [3.05, 3.63) is 224 Å². The molecule has 286 valence electrons. The molecule has 2 aromatic heterocycles. The summed E-state index contributed by atoms with van der Waals surface area (Å²) in [5.41, 5.74) is 15.8. The number of anilines is 3. The largest absolute Gasteiger partial charge is 0.455 e. The van der Waals surface area contributed by atoms with E-state index < -0.39 is 0 Å². The van der Waals surface area contributed by atoms with Crippen LogP contribution >= 0.6 is 0 Å². The van der Waals surface area contributed by atoms with Crippen LogP contribution in [0.4, 0.5) is 17.1 Å². The van der Waals surface area contributed by atoms with Crippen LogP contribution in [-0.2, 0) is 0 Å². The first-order valence-electron chi connectivity index (χ1n) is 20.7. The first-order chi connectivity index (χ1) is 30.3. The van der Waals surface area contributed by atoms with Crippen molar-refractivity contribution in [2.24, 2.45) is 0 Å². The number of fused-ring (bicyclic) bond motifs is 8. The molecular formula is C58H37NO2. The third-order valence-corrected chi connectivity index (χ3v) is 12.1. The normalized spacial score (nSPS) is 11.6. The smallest absolute Gasteiger partial charge is 0.143 e. The summed E-state index contributed by atoms with van der Waals surface area (Å²) >= 11 is 0. The Morgan fingerprint density at radius 2 is 0.770 bits per heavy atom. The van der Waals surface area contributed by atoms with E-state index in [1.165, 1.54) is 16.7 Å². The lowest BCUT2D eigenvalue weighted by molar-refractivity contribution is 0.670. The van der Waals surface area contributed by atoms with Gasteiger partial charge in [-0.3, -0.25) is 0 Å². The molecule has 0 aliphatic carbocycles. The van der Waals surface area contributed by atoms with Crippen molar-refractivity contribution < 1.29 is 8.83 Å². The van der Waals surface area contributed by atoms with Crippen molar-refractivity contribution in [2.75, 3.05) is 4.90 Å². The predicted octanol–water partition coefficient (Wildman–Crippen LogP) is 16.8.